The van der Waals surface area contributed by atoms with E-state index in [2.05, 4.69) is 0 Å². The molecule has 0 fully saturated rings. The van der Waals surface area contributed by atoms with Crippen molar-refractivity contribution in [3.8, 4) is 11.5 Å². The lowest BCUT2D eigenvalue weighted by Crippen LogP contribution is -1.99. The van der Waals surface area contributed by atoms with Gasteiger partial charge in [0.15, 0.2) is 11.6 Å². The molecular formula is C14H12FIO2. The molecule has 0 saturated carbocycles. The Morgan fingerprint density at radius 3 is 2.39 bits per heavy atom. The van der Waals surface area contributed by atoms with E-state index in [9.17, 15) is 4.39 Å². The van der Waals surface area contributed by atoms with Crippen molar-refractivity contribution in [1.29, 1.82) is 0 Å². The summed E-state index contributed by atoms with van der Waals surface area (Å²) in [5.41, 5.74) is 1.05. The Kier molecular flexibility index (Phi) is 4.41. The Morgan fingerprint density at radius 1 is 1.06 bits per heavy atom. The van der Waals surface area contributed by atoms with E-state index < -0.39 is 0 Å². The number of hydrogen-bond acceptors (Lipinski definition) is 2. The number of ether oxygens (including phenoxy) is 2. The van der Waals surface area contributed by atoms with Crippen LogP contribution in [-0.2, 0) is 6.61 Å². The summed E-state index contributed by atoms with van der Waals surface area (Å²) in [6.45, 7) is 0.419. The molecule has 0 aliphatic heterocycles. The summed E-state index contributed by atoms with van der Waals surface area (Å²) in [4.78, 5) is 0. The molecule has 2 aromatic rings. The van der Waals surface area contributed by atoms with Gasteiger partial charge in [-0.1, -0.05) is 30.3 Å². The summed E-state index contributed by atoms with van der Waals surface area (Å²) in [7, 11) is 1.44. The highest BCUT2D eigenvalue weighted by atomic mass is 127. The average molecular weight is 358 g/mol. The maximum Gasteiger partial charge on any atom is 0.182 e. The van der Waals surface area contributed by atoms with Gasteiger partial charge in [-0.15, -0.1) is 0 Å². The molecule has 2 rings (SSSR count). The summed E-state index contributed by atoms with van der Waals surface area (Å²) in [5, 5.41) is 0. The van der Waals surface area contributed by atoms with Crippen LogP contribution in [0.1, 0.15) is 5.56 Å². The predicted molar refractivity (Wildman–Crippen MR) is 76.4 cm³/mol. The third-order valence-electron chi connectivity index (χ3n) is 2.47. The van der Waals surface area contributed by atoms with Crippen molar-refractivity contribution in [3.63, 3.8) is 0 Å². The Bertz CT molecular complexity index is 529. The Hall–Kier alpha value is -1.30. The zero-order valence-corrected chi connectivity index (χ0v) is 12.0. The number of benzene rings is 2. The number of halogens is 2. The number of hydrogen-bond donors (Lipinski definition) is 0. The summed E-state index contributed by atoms with van der Waals surface area (Å²) in [5.74, 6) is 0.368. The Morgan fingerprint density at radius 2 is 1.72 bits per heavy atom. The first-order valence-electron chi connectivity index (χ1n) is 5.41. The molecule has 0 heterocycles. The SMILES string of the molecule is COc1ccc(OCc2ccccc2)c(I)c1F. The fourth-order valence-corrected chi connectivity index (χ4v) is 2.12. The van der Waals surface area contributed by atoms with Gasteiger partial charge >= 0.3 is 0 Å². The lowest BCUT2D eigenvalue weighted by atomic mass is 10.2. The smallest absolute Gasteiger partial charge is 0.182 e. The van der Waals surface area contributed by atoms with Crippen LogP contribution in [0, 0.1) is 9.39 Å². The Balaban J connectivity index is 2.13. The zero-order chi connectivity index (χ0) is 13.0. The molecule has 4 heteroatoms. The third kappa shape index (κ3) is 2.93. The van der Waals surface area contributed by atoms with Crippen LogP contribution in [0.3, 0.4) is 0 Å². The fraction of sp³-hybridized carbons (Fsp3) is 0.143. The molecule has 94 valence electrons. The molecule has 2 nitrogen and oxygen atoms in total. The maximum atomic E-state index is 13.8. The van der Waals surface area contributed by atoms with Crippen LogP contribution in [-0.4, -0.2) is 7.11 Å². The van der Waals surface area contributed by atoms with Gasteiger partial charge in [0.05, 0.1) is 10.7 Å². The van der Waals surface area contributed by atoms with Gasteiger partial charge in [0.25, 0.3) is 0 Å². The second kappa shape index (κ2) is 6.04. The summed E-state index contributed by atoms with van der Waals surface area (Å²) in [6.07, 6.45) is 0. The van der Waals surface area contributed by atoms with Crippen molar-refractivity contribution in [2.45, 2.75) is 6.61 Å². The minimum atomic E-state index is -0.385. The van der Waals surface area contributed by atoms with Crippen LogP contribution in [0.15, 0.2) is 42.5 Å². The van der Waals surface area contributed by atoms with E-state index in [-0.39, 0.29) is 11.6 Å². The van der Waals surface area contributed by atoms with Crippen LogP contribution in [0.25, 0.3) is 0 Å². The van der Waals surface area contributed by atoms with E-state index in [1.54, 1.807) is 12.1 Å². The molecular weight excluding hydrogens is 346 g/mol. The van der Waals surface area contributed by atoms with Crippen molar-refractivity contribution in [2.24, 2.45) is 0 Å². The van der Waals surface area contributed by atoms with Crippen molar-refractivity contribution in [3.05, 3.63) is 57.4 Å². The molecule has 0 bridgehead atoms. The van der Waals surface area contributed by atoms with Gasteiger partial charge in [0.2, 0.25) is 0 Å². The first-order valence-corrected chi connectivity index (χ1v) is 6.49. The van der Waals surface area contributed by atoms with Gasteiger partial charge in [0.1, 0.15) is 12.4 Å². The third-order valence-corrected chi connectivity index (χ3v) is 3.47. The summed E-state index contributed by atoms with van der Waals surface area (Å²) in [6, 6.07) is 13.0. The van der Waals surface area contributed by atoms with Gasteiger partial charge in [0, 0.05) is 0 Å². The fourth-order valence-electron chi connectivity index (χ4n) is 1.52. The second-order valence-corrected chi connectivity index (χ2v) is 4.75. The van der Waals surface area contributed by atoms with Crippen molar-refractivity contribution in [1.82, 2.24) is 0 Å². The molecule has 0 unspecified atom stereocenters. The highest BCUT2D eigenvalue weighted by Crippen LogP contribution is 2.30. The first kappa shape index (κ1) is 13.1. The molecule has 0 amide bonds. The van der Waals surface area contributed by atoms with E-state index in [1.807, 2.05) is 52.9 Å². The largest absolute Gasteiger partial charge is 0.494 e. The monoisotopic (exact) mass is 358 g/mol. The lowest BCUT2D eigenvalue weighted by Gasteiger charge is -2.10. The van der Waals surface area contributed by atoms with Gasteiger partial charge in [-0.3, -0.25) is 0 Å². The van der Waals surface area contributed by atoms with Gasteiger partial charge < -0.3 is 9.47 Å². The standard InChI is InChI=1S/C14H12FIO2/c1-17-11-7-8-12(14(16)13(11)15)18-9-10-5-3-2-4-6-10/h2-8H,9H2,1H3. The van der Waals surface area contributed by atoms with Gasteiger partial charge in [-0.25, -0.2) is 4.39 Å². The van der Waals surface area contributed by atoms with Crippen LogP contribution in [0.5, 0.6) is 11.5 Å². The van der Waals surface area contributed by atoms with Gasteiger partial charge in [-0.2, -0.15) is 0 Å². The molecule has 0 aliphatic rings. The summed E-state index contributed by atoms with van der Waals surface area (Å²) >= 11 is 1.92. The quantitative estimate of drug-likeness (QED) is 0.769. The van der Waals surface area contributed by atoms with Crippen molar-refractivity contribution in [2.75, 3.05) is 7.11 Å². The zero-order valence-electron chi connectivity index (χ0n) is 9.82. The molecule has 0 N–H and O–H groups in total. The van der Waals surface area contributed by atoms with Crippen molar-refractivity contribution >= 4 is 22.6 Å². The van der Waals surface area contributed by atoms with E-state index in [0.717, 1.165) is 5.56 Å². The van der Waals surface area contributed by atoms with E-state index >= 15 is 0 Å². The average Bonchev–Trinajstić information content (AvgIpc) is 2.42. The predicted octanol–water partition coefficient (Wildman–Crippen LogP) is 4.02. The number of methoxy groups -OCH3 is 1. The molecule has 2 aromatic carbocycles. The highest BCUT2D eigenvalue weighted by molar-refractivity contribution is 14.1. The molecule has 0 aromatic heterocycles. The van der Waals surface area contributed by atoms with Gasteiger partial charge in [-0.05, 0) is 40.3 Å². The molecule has 0 atom stereocenters. The van der Waals surface area contributed by atoms with Crippen LogP contribution >= 0.6 is 22.6 Å². The van der Waals surface area contributed by atoms with Crippen molar-refractivity contribution < 1.29 is 13.9 Å². The van der Waals surface area contributed by atoms with E-state index in [0.29, 0.717) is 15.9 Å². The summed E-state index contributed by atoms with van der Waals surface area (Å²) < 4.78 is 24.7. The molecule has 0 aliphatic carbocycles. The topological polar surface area (TPSA) is 18.5 Å². The number of rotatable bonds is 4. The normalized spacial score (nSPS) is 10.2. The molecule has 0 saturated heterocycles. The Labute approximate surface area is 119 Å². The lowest BCUT2D eigenvalue weighted by molar-refractivity contribution is 0.299. The molecule has 18 heavy (non-hydrogen) atoms. The van der Waals surface area contributed by atoms with Crippen LogP contribution < -0.4 is 9.47 Å². The van der Waals surface area contributed by atoms with E-state index in [1.165, 1.54) is 7.11 Å². The highest BCUT2D eigenvalue weighted by Gasteiger charge is 2.12. The minimum absolute atomic E-state index is 0.228. The van der Waals surface area contributed by atoms with E-state index in [4.69, 9.17) is 9.47 Å². The molecule has 0 radical (unpaired) electrons. The first-order chi connectivity index (χ1) is 8.72. The maximum absolute atomic E-state index is 13.8. The van der Waals surface area contributed by atoms with Crippen LogP contribution in [0.4, 0.5) is 4.39 Å². The minimum Gasteiger partial charge on any atom is -0.494 e. The molecule has 0 spiro atoms. The van der Waals surface area contributed by atoms with Crippen LogP contribution in [0.2, 0.25) is 0 Å². The second-order valence-electron chi connectivity index (χ2n) is 3.67.